The van der Waals surface area contributed by atoms with Gasteiger partial charge in [0.1, 0.15) is 0 Å². The van der Waals surface area contributed by atoms with Crippen molar-refractivity contribution >= 4 is 11.8 Å². The highest BCUT2D eigenvalue weighted by Gasteiger charge is 2.45. The van der Waals surface area contributed by atoms with Gasteiger partial charge >= 0.3 is 6.18 Å². The van der Waals surface area contributed by atoms with E-state index in [0.717, 1.165) is 18.6 Å². The number of carbonyl (C=O) groups is 2. The largest absolute Gasteiger partial charge is 0.416 e. The van der Waals surface area contributed by atoms with Crippen LogP contribution in [0, 0.1) is 5.92 Å². The summed E-state index contributed by atoms with van der Waals surface area (Å²) >= 11 is 0. The van der Waals surface area contributed by atoms with Crippen molar-refractivity contribution < 1.29 is 27.5 Å². The third kappa shape index (κ3) is 5.58. The molecule has 3 aliphatic rings. The Morgan fingerprint density at radius 3 is 2.26 bits per heavy atom. The van der Waals surface area contributed by atoms with Crippen LogP contribution in [0.3, 0.4) is 0 Å². The van der Waals surface area contributed by atoms with E-state index >= 15 is 0 Å². The second-order valence-electron chi connectivity index (χ2n) is 9.99. The predicted octanol–water partition coefficient (Wildman–Crippen LogP) is 4.78. The van der Waals surface area contributed by atoms with Gasteiger partial charge in [-0.15, -0.1) is 0 Å². The van der Waals surface area contributed by atoms with Crippen LogP contribution in [0.5, 0.6) is 0 Å². The second kappa shape index (κ2) is 10.7. The SMILES string of the molecule is O=C(CCC1CCCCC1)N1CCN(C(=O)C2(c3cccc(C(F)(F)F)c3)CCOCC2)CC1. The summed E-state index contributed by atoms with van der Waals surface area (Å²) < 4.78 is 45.5. The van der Waals surface area contributed by atoms with Gasteiger partial charge in [-0.05, 0) is 36.8 Å². The number of amides is 2. The molecule has 0 unspecified atom stereocenters. The van der Waals surface area contributed by atoms with E-state index in [1.165, 1.54) is 38.2 Å². The van der Waals surface area contributed by atoms with Gasteiger partial charge in [0.15, 0.2) is 0 Å². The zero-order valence-electron chi connectivity index (χ0n) is 19.7. The lowest BCUT2D eigenvalue weighted by Gasteiger charge is -2.43. The minimum absolute atomic E-state index is 0.149. The van der Waals surface area contributed by atoms with E-state index in [-0.39, 0.29) is 11.8 Å². The van der Waals surface area contributed by atoms with Gasteiger partial charge in [0.05, 0.1) is 11.0 Å². The third-order valence-corrected chi connectivity index (χ3v) is 7.91. The lowest BCUT2D eigenvalue weighted by molar-refractivity contribution is -0.146. The van der Waals surface area contributed by atoms with Crippen LogP contribution in [0.25, 0.3) is 0 Å². The molecule has 8 heteroatoms. The Morgan fingerprint density at radius 1 is 0.971 bits per heavy atom. The average Bonchev–Trinajstić information content (AvgIpc) is 2.87. The first-order valence-electron chi connectivity index (χ1n) is 12.6. The first-order chi connectivity index (χ1) is 16.3. The van der Waals surface area contributed by atoms with Gasteiger partial charge in [-0.1, -0.05) is 50.3 Å². The number of halogens is 3. The van der Waals surface area contributed by atoms with Crippen LogP contribution in [-0.2, 0) is 25.9 Å². The first-order valence-corrected chi connectivity index (χ1v) is 12.6. The highest BCUT2D eigenvalue weighted by molar-refractivity contribution is 5.89. The molecule has 0 atom stereocenters. The molecule has 1 aromatic rings. The van der Waals surface area contributed by atoms with Gasteiger partial charge < -0.3 is 14.5 Å². The Balaban J connectivity index is 1.40. The molecule has 188 valence electrons. The van der Waals surface area contributed by atoms with Crippen molar-refractivity contribution in [2.24, 2.45) is 5.92 Å². The minimum atomic E-state index is -4.46. The van der Waals surface area contributed by atoms with Crippen molar-refractivity contribution in [1.29, 1.82) is 0 Å². The smallest absolute Gasteiger partial charge is 0.381 e. The van der Waals surface area contributed by atoms with E-state index in [1.807, 2.05) is 4.90 Å². The molecule has 0 bridgehead atoms. The summed E-state index contributed by atoms with van der Waals surface area (Å²) in [5.41, 5.74) is -1.36. The maximum atomic E-state index is 13.7. The molecule has 4 rings (SSSR count). The van der Waals surface area contributed by atoms with Gasteiger partial charge in [0.25, 0.3) is 0 Å². The fourth-order valence-corrected chi connectivity index (χ4v) is 5.76. The van der Waals surface area contributed by atoms with E-state index in [9.17, 15) is 22.8 Å². The number of carbonyl (C=O) groups excluding carboxylic acids is 2. The lowest BCUT2D eigenvalue weighted by Crippen LogP contribution is -2.56. The average molecular weight is 481 g/mol. The number of ether oxygens (including phenoxy) is 1. The number of alkyl halides is 3. The highest BCUT2D eigenvalue weighted by atomic mass is 19.4. The number of hydrogen-bond acceptors (Lipinski definition) is 3. The fraction of sp³-hybridized carbons (Fsp3) is 0.692. The van der Waals surface area contributed by atoms with Gasteiger partial charge in [-0.3, -0.25) is 9.59 Å². The Kier molecular flexibility index (Phi) is 7.85. The zero-order chi connectivity index (χ0) is 24.2. The molecule has 1 aliphatic carbocycles. The molecule has 1 saturated carbocycles. The zero-order valence-corrected chi connectivity index (χ0v) is 19.7. The highest BCUT2D eigenvalue weighted by Crippen LogP contribution is 2.40. The molecule has 3 fully saturated rings. The van der Waals surface area contributed by atoms with E-state index in [2.05, 4.69) is 0 Å². The maximum Gasteiger partial charge on any atom is 0.416 e. The van der Waals surface area contributed by atoms with Gasteiger partial charge in [0.2, 0.25) is 11.8 Å². The summed E-state index contributed by atoms with van der Waals surface area (Å²) in [6.45, 7) is 2.45. The summed E-state index contributed by atoms with van der Waals surface area (Å²) in [5.74, 6) is 0.655. The van der Waals surface area contributed by atoms with Crippen LogP contribution in [0.4, 0.5) is 13.2 Å². The molecule has 0 spiro atoms. The monoisotopic (exact) mass is 480 g/mol. The van der Waals surface area contributed by atoms with Gasteiger partial charge in [0, 0.05) is 45.8 Å². The molecule has 1 aromatic carbocycles. The number of piperazine rings is 1. The number of rotatable bonds is 5. The molecule has 5 nitrogen and oxygen atoms in total. The predicted molar refractivity (Wildman–Crippen MR) is 122 cm³/mol. The second-order valence-corrected chi connectivity index (χ2v) is 9.99. The third-order valence-electron chi connectivity index (χ3n) is 7.91. The molecular weight excluding hydrogens is 445 g/mol. The van der Waals surface area contributed by atoms with Crippen LogP contribution in [-0.4, -0.2) is 61.0 Å². The molecule has 0 N–H and O–H groups in total. The minimum Gasteiger partial charge on any atom is -0.381 e. The number of nitrogens with zero attached hydrogens (tertiary/aromatic N) is 2. The van der Waals surface area contributed by atoms with Crippen molar-refractivity contribution in [3.8, 4) is 0 Å². The Morgan fingerprint density at radius 2 is 1.62 bits per heavy atom. The van der Waals surface area contributed by atoms with Crippen molar-refractivity contribution in [1.82, 2.24) is 9.80 Å². The Hall–Kier alpha value is -2.09. The summed E-state index contributed by atoms with van der Waals surface area (Å²) in [6.07, 6.45) is 4.01. The molecule has 2 saturated heterocycles. The molecule has 2 amide bonds. The van der Waals surface area contributed by atoms with Crippen LogP contribution in [0.1, 0.15) is 68.9 Å². The molecule has 34 heavy (non-hydrogen) atoms. The van der Waals surface area contributed by atoms with Crippen molar-refractivity contribution in [3.63, 3.8) is 0 Å². The van der Waals surface area contributed by atoms with Crippen LogP contribution >= 0.6 is 0 Å². The maximum absolute atomic E-state index is 13.7. The quantitative estimate of drug-likeness (QED) is 0.609. The van der Waals surface area contributed by atoms with Crippen LogP contribution in [0.2, 0.25) is 0 Å². The lowest BCUT2D eigenvalue weighted by atomic mass is 9.72. The fourth-order valence-electron chi connectivity index (χ4n) is 5.76. The van der Waals surface area contributed by atoms with E-state index in [1.54, 1.807) is 11.0 Å². The molecule has 0 aromatic heterocycles. The summed E-state index contributed by atoms with van der Waals surface area (Å²) in [5, 5.41) is 0. The van der Waals surface area contributed by atoms with Gasteiger partial charge in [-0.25, -0.2) is 0 Å². The normalized spacial score (nSPS) is 22.0. The van der Waals surface area contributed by atoms with Crippen LogP contribution < -0.4 is 0 Å². The summed E-state index contributed by atoms with van der Waals surface area (Å²) in [4.78, 5) is 30.0. The number of hydrogen-bond donors (Lipinski definition) is 0. The van der Waals surface area contributed by atoms with E-state index < -0.39 is 17.2 Å². The van der Waals surface area contributed by atoms with Crippen LogP contribution in [0.15, 0.2) is 24.3 Å². The van der Waals surface area contributed by atoms with Crippen molar-refractivity contribution in [2.75, 3.05) is 39.4 Å². The van der Waals surface area contributed by atoms with E-state index in [4.69, 9.17) is 4.74 Å². The summed E-state index contributed by atoms with van der Waals surface area (Å²) in [7, 11) is 0. The van der Waals surface area contributed by atoms with Crippen molar-refractivity contribution in [3.05, 3.63) is 35.4 Å². The Labute approximate surface area is 199 Å². The summed E-state index contributed by atoms with van der Waals surface area (Å²) in [6, 6.07) is 5.17. The molecular formula is C26H35F3N2O3. The van der Waals surface area contributed by atoms with Crippen molar-refractivity contribution in [2.45, 2.75) is 69.4 Å². The molecule has 2 aliphatic heterocycles. The van der Waals surface area contributed by atoms with Gasteiger partial charge in [-0.2, -0.15) is 13.2 Å². The van der Waals surface area contributed by atoms with E-state index in [0.29, 0.717) is 70.1 Å². The number of benzene rings is 1. The molecule has 0 radical (unpaired) electrons. The topological polar surface area (TPSA) is 49.9 Å². The standard InChI is InChI=1S/C26H35F3N2O3/c27-26(28,29)22-8-4-7-21(19-22)25(11-17-34-18-12-25)24(33)31-15-13-30(14-16-31)23(32)10-9-20-5-2-1-3-6-20/h4,7-8,19-20H,1-3,5-6,9-18H2. The first kappa shape index (κ1) is 25.0. The molecule has 2 heterocycles. The Bertz CT molecular complexity index is 853.